The summed E-state index contributed by atoms with van der Waals surface area (Å²) in [6, 6.07) is 54.6. The minimum atomic E-state index is 0.612. The molecule has 0 saturated heterocycles. The molecule has 11 aromatic rings. The topological polar surface area (TPSA) is 64.7 Å². The van der Waals surface area contributed by atoms with Crippen LogP contribution in [0.1, 0.15) is 0 Å². The molecule has 52 heavy (non-hydrogen) atoms. The van der Waals surface area contributed by atoms with Crippen LogP contribution in [0.3, 0.4) is 0 Å². The van der Waals surface area contributed by atoms with E-state index in [0.717, 1.165) is 65.7 Å². The summed E-state index contributed by atoms with van der Waals surface area (Å²) in [6.07, 6.45) is 0. The van der Waals surface area contributed by atoms with Crippen molar-refractivity contribution < 1.29 is 4.42 Å². The summed E-state index contributed by atoms with van der Waals surface area (Å²) >= 11 is 1.81. The third-order valence-electron chi connectivity index (χ3n) is 9.94. The first-order valence-electron chi connectivity index (χ1n) is 17.2. The van der Waals surface area contributed by atoms with Gasteiger partial charge in [0.1, 0.15) is 5.52 Å². The summed E-state index contributed by atoms with van der Waals surface area (Å²) in [5.41, 5.74) is 5.39. The predicted molar refractivity (Wildman–Crippen MR) is 215 cm³/mol. The Labute approximate surface area is 301 Å². The largest absolute Gasteiger partial charge is 0.435 e. The molecule has 8 aromatic carbocycles. The van der Waals surface area contributed by atoms with Crippen molar-refractivity contribution in [3.63, 3.8) is 0 Å². The number of benzene rings is 8. The van der Waals surface area contributed by atoms with Gasteiger partial charge in [0.15, 0.2) is 23.1 Å². The summed E-state index contributed by atoms with van der Waals surface area (Å²) in [6.45, 7) is 0. The van der Waals surface area contributed by atoms with Crippen molar-refractivity contribution in [3.8, 4) is 45.6 Å². The maximum Gasteiger partial charge on any atom is 0.227 e. The number of hydrogen-bond acceptors (Lipinski definition) is 6. The highest BCUT2D eigenvalue weighted by Gasteiger charge is 2.19. The molecule has 0 atom stereocenters. The summed E-state index contributed by atoms with van der Waals surface area (Å²) in [4.78, 5) is 20.3. The van der Waals surface area contributed by atoms with E-state index in [9.17, 15) is 0 Å². The number of thiophene rings is 1. The van der Waals surface area contributed by atoms with Crippen molar-refractivity contribution in [1.82, 2.24) is 19.9 Å². The van der Waals surface area contributed by atoms with Gasteiger partial charge in [0, 0.05) is 53.2 Å². The molecule has 0 bridgehead atoms. The lowest BCUT2D eigenvalue weighted by atomic mass is 9.93. The number of oxazole rings is 1. The highest BCUT2D eigenvalue weighted by molar-refractivity contribution is 7.25. The lowest BCUT2D eigenvalue weighted by Crippen LogP contribution is -2.00. The van der Waals surface area contributed by atoms with Gasteiger partial charge < -0.3 is 4.42 Å². The van der Waals surface area contributed by atoms with Crippen LogP contribution in [0.4, 0.5) is 0 Å². The van der Waals surface area contributed by atoms with Crippen molar-refractivity contribution in [2.75, 3.05) is 0 Å². The molecule has 0 aliphatic heterocycles. The number of aromatic nitrogens is 4. The minimum Gasteiger partial charge on any atom is -0.435 e. The van der Waals surface area contributed by atoms with E-state index >= 15 is 0 Å². The molecule has 0 spiro atoms. The Balaban J connectivity index is 1.16. The number of fused-ring (bicyclic) bond motifs is 10. The maximum absolute atomic E-state index is 6.58. The molecule has 0 aliphatic rings. The number of nitrogens with zero attached hydrogens (tertiary/aromatic N) is 4. The van der Waals surface area contributed by atoms with Crippen molar-refractivity contribution in [2.24, 2.45) is 0 Å². The van der Waals surface area contributed by atoms with Gasteiger partial charge in [0.05, 0.1) is 0 Å². The number of rotatable bonds is 4. The lowest BCUT2D eigenvalue weighted by molar-refractivity contribution is 0.623. The molecule has 0 unspecified atom stereocenters. The normalized spacial score (nSPS) is 11.8. The van der Waals surface area contributed by atoms with Gasteiger partial charge in [-0.2, -0.15) is 0 Å². The fourth-order valence-electron chi connectivity index (χ4n) is 7.48. The van der Waals surface area contributed by atoms with E-state index < -0.39 is 0 Å². The van der Waals surface area contributed by atoms with Gasteiger partial charge in [-0.05, 0) is 64.0 Å². The van der Waals surface area contributed by atoms with E-state index in [1.165, 1.54) is 20.2 Å². The number of hydrogen-bond donors (Lipinski definition) is 0. The van der Waals surface area contributed by atoms with Gasteiger partial charge in [0.2, 0.25) is 5.89 Å². The van der Waals surface area contributed by atoms with E-state index in [1.54, 1.807) is 11.3 Å². The van der Waals surface area contributed by atoms with Crippen molar-refractivity contribution in [2.45, 2.75) is 0 Å². The van der Waals surface area contributed by atoms with Gasteiger partial charge in [-0.3, -0.25) is 0 Å². The van der Waals surface area contributed by atoms with Crippen molar-refractivity contribution >= 4 is 74.9 Å². The third-order valence-corrected chi connectivity index (χ3v) is 11.1. The Bertz CT molecular complexity index is 3190. The van der Waals surface area contributed by atoms with Crippen LogP contribution in [0.5, 0.6) is 0 Å². The van der Waals surface area contributed by atoms with Gasteiger partial charge in [0.25, 0.3) is 0 Å². The van der Waals surface area contributed by atoms with Gasteiger partial charge >= 0.3 is 0 Å². The molecule has 5 nitrogen and oxygen atoms in total. The summed E-state index contributed by atoms with van der Waals surface area (Å²) in [5, 5.41) is 8.98. The lowest BCUT2D eigenvalue weighted by Gasteiger charge is -2.13. The first-order valence-corrected chi connectivity index (χ1v) is 18.0. The molecule has 0 radical (unpaired) electrons. The van der Waals surface area contributed by atoms with Crippen LogP contribution in [0.25, 0.3) is 109 Å². The molecule has 0 N–H and O–H groups in total. The maximum atomic E-state index is 6.58. The second-order valence-electron chi connectivity index (χ2n) is 13.0. The molecular weight excluding hydrogens is 657 g/mol. The zero-order valence-corrected chi connectivity index (χ0v) is 28.4. The van der Waals surface area contributed by atoms with Crippen molar-refractivity contribution in [1.29, 1.82) is 0 Å². The van der Waals surface area contributed by atoms with E-state index in [4.69, 9.17) is 24.4 Å². The molecule has 11 rings (SSSR count). The van der Waals surface area contributed by atoms with Gasteiger partial charge in [-0.25, -0.2) is 19.9 Å². The van der Waals surface area contributed by atoms with Gasteiger partial charge in [-0.1, -0.05) is 115 Å². The predicted octanol–water partition coefficient (Wildman–Crippen LogP) is 12.5. The summed E-state index contributed by atoms with van der Waals surface area (Å²) < 4.78 is 9.09. The van der Waals surface area contributed by atoms with Crippen LogP contribution in [-0.4, -0.2) is 19.9 Å². The van der Waals surface area contributed by atoms with Crippen LogP contribution < -0.4 is 0 Å². The third kappa shape index (κ3) is 4.55. The smallest absolute Gasteiger partial charge is 0.227 e. The molecule has 0 fully saturated rings. The Hall–Kier alpha value is -6.76. The minimum absolute atomic E-state index is 0.612. The zero-order valence-electron chi connectivity index (χ0n) is 27.6. The van der Waals surface area contributed by atoms with E-state index in [0.29, 0.717) is 23.4 Å². The van der Waals surface area contributed by atoms with Crippen molar-refractivity contribution in [3.05, 3.63) is 158 Å². The summed E-state index contributed by atoms with van der Waals surface area (Å²) in [7, 11) is 0. The molecule has 3 heterocycles. The Morgan fingerprint density at radius 2 is 1.06 bits per heavy atom. The fraction of sp³-hybridized carbons (Fsp3) is 0. The van der Waals surface area contributed by atoms with E-state index in [2.05, 4.69) is 91.0 Å². The highest BCUT2D eigenvalue weighted by atomic mass is 32.1. The van der Waals surface area contributed by atoms with Crippen LogP contribution >= 0.6 is 11.3 Å². The molecule has 0 amide bonds. The Kier molecular flexibility index (Phi) is 6.35. The Morgan fingerprint density at radius 3 is 1.90 bits per heavy atom. The first kappa shape index (κ1) is 29.0. The molecule has 0 saturated carbocycles. The highest BCUT2D eigenvalue weighted by Crippen LogP contribution is 2.41. The molecule has 6 heteroatoms. The average Bonchev–Trinajstić information content (AvgIpc) is 3.83. The first-order chi connectivity index (χ1) is 25.7. The van der Waals surface area contributed by atoms with Gasteiger partial charge in [-0.15, -0.1) is 11.3 Å². The Morgan fingerprint density at radius 1 is 0.404 bits per heavy atom. The second kappa shape index (κ2) is 11.4. The molecule has 242 valence electrons. The van der Waals surface area contributed by atoms with Crippen LogP contribution in [0.15, 0.2) is 162 Å². The monoisotopic (exact) mass is 682 g/mol. The van der Waals surface area contributed by atoms with Crippen LogP contribution in [-0.2, 0) is 0 Å². The van der Waals surface area contributed by atoms with Crippen LogP contribution in [0, 0.1) is 0 Å². The fourth-order valence-corrected chi connectivity index (χ4v) is 8.57. The average molecular weight is 683 g/mol. The standard InChI is InChI=1S/C46H26N4OS/c1-3-10-29(11-4-1)43-48-44(31-22-25-39-36(26-31)33-14-7-8-17-38(33)52-39)50-45(49-43)35-16-9-15-34-32(35)23-20-27-18-19-28-21-24-37-42(41(28)40(27)34)51-46(47-37)30-12-5-2-6-13-30/h1-26H. The quantitative estimate of drug-likeness (QED) is 0.173. The molecule has 3 aromatic heterocycles. The molecule has 0 aliphatic carbocycles. The SMILES string of the molecule is c1ccc(-c2nc(-c3ccc4sc5ccccc5c4c3)nc(-c3cccc4c3ccc3ccc5ccc6nc(-c7ccccc7)oc6c5c34)n2)cc1. The summed E-state index contributed by atoms with van der Waals surface area (Å²) in [5.74, 6) is 2.51. The van der Waals surface area contributed by atoms with Crippen LogP contribution in [0.2, 0.25) is 0 Å². The second-order valence-corrected chi connectivity index (χ2v) is 14.1. The zero-order chi connectivity index (χ0) is 34.2. The van der Waals surface area contributed by atoms with E-state index in [1.807, 2.05) is 66.7 Å². The molecular formula is C46H26N4OS. The van der Waals surface area contributed by atoms with E-state index in [-0.39, 0.29) is 0 Å².